The summed E-state index contributed by atoms with van der Waals surface area (Å²) in [5, 5.41) is 2.71. The zero-order chi connectivity index (χ0) is 12.4. The van der Waals surface area contributed by atoms with E-state index in [2.05, 4.69) is 10.0 Å². The van der Waals surface area contributed by atoms with Gasteiger partial charge in [0, 0.05) is 25.4 Å². The SMILES string of the molecule is CS(=O)(=O)NCCCNC(=O)CCCCCl. The summed E-state index contributed by atoms with van der Waals surface area (Å²) in [5.74, 6) is 0.565. The van der Waals surface area contributed by atoms with Crippen LogP contribution in [0.4, 0.5) is 0 Å². The molecular formula is C9H19ClN2O3S. The second-order valence-electron chi connectivity index (χ2n) is 3.52. The van der Waals surface area contributed by atoms with E-state index < -0.39 is 10.0 Å². The maximum atomic E-state index is 11.2. The summed E-state index contributed by atoms with van der Waals surface area (Å²) >= 11 is 5.48. The summed E-state index contributed by atoms with van der Waals surface area (Å²) in [6, 6.07) is 0. The van der Waals surface area contributed by atoms with Crippen molar-refractivity contribution < 1.29 is 13.2 Å². The molecule has 0 saturated heterocycles. The van der Waals surface area contributed by atoms with Crippen molar-refractivity contribution in [1.29, 1.82) is 0 Å². The monoisotopic (exact) mass is 270 g/mol. The van der Waals surface area contributed by atoms with E-state index in [1.54, 1.807) is 0 Å². The van der Waals surface area contributed by atoms with Gasteiger partial charge in [0.05, 0.1) is 6.26 Å². The van der Waals surface area contributed by atoms with Gasteiger partial charge in [-0.2, -0.15) is 0 Å². The van der Waals surface area contributed by atoms with E-state index in [4.69, 9.17) is 11.6 Å². The molecule has 0 bridgehead atoms. The van der Waals surface area contributed by atoms with Gasteiger partial charge in [-0.3, -0.25) is 4.79 Å². The molecule has 5 nitrogen and oxygen atoms in total. The summed E-state index contributed by atoms with van der Waals surface area (Å²) in [6.45, 7) is 0.836. The molecule has 0 heterocycles. The Morgan fingerprint density at radius 1 is 1.19 bits per heavy atom. The molecule has 0 fully saturated rings. The minimum Gasteiger partial charge on any atom is -0.356 e. The highest BCUT2D eigenvalue weighted by molar-refractivity contribution is 7.88. The molecule has 0 aliphatic heterocycles. The van der Waals surface area contributed by atoms with Gasteiger partial charge in [0.25, 0.3) is 0 Å². The van der Waals surface area contributed by atoms with E-state index in [1.165, 1.54) is 0 Å². The number of nitrogens with one attached hydrogen (secondary N) is 2. The van der Waals surface area contributed by atoms with Crippen LogP contribution in [0.5, 0.6) is 0 Å². The van der Waals surface area contributed by atoms with Crippen molar-refractivity contribution in [2.75, 3.05) is 25.2 Å². The van der Waals surface area contributed by atoms with Crippen molar-refractivity contribution in [3.8, 4) is 0 Å². The third-order valence-electron chi connectivity index (χ3n) is 1.83. The number of carbonyl (C=O) groups is 1. The molecule has 0 rings (SSSR count). The van der Waals surface area contributed by atoms with E-state index in [1.807, 2.05) is 0 Å². The van der Waals surface area contributed by atoms with Crippen molar-refractivity contribution in [2.45, 2.75) is 25.7 Å². The summed E-state index contributed by atoms with van der Waals surface area (Å²) < 4.78 is 23.7. The molecule has 0 aliphatic carbocycles. The van der Waals surface area contributed by atoms with Crippen molar-refractivity contribution in [1.82, 2.24) is 10.0 Å². The molecule has 0 radical (unpaired) electrons. The molecular weight excluding hydrogens is 252 g/mol. The number of unbranched alkanes of at least 4 members (excludes halogenated alkanes) is 1. The lowest BCUT2D eigenvalue weighted by molar-refractivity contribution is -0.121. The largest absolute Gasteiger partial charge is 0.356 e. The van der Waals surface area contributed by atoms with Crippen LogP contribution in [0, 0.1) is 0 Å². The first-order valence-corrected chi connectivity index (χ1v) is 7.65. The molecule has 0 atom stereocenters. The van der Waals surface area contributed by atoms with Crippen molar-refractivity contribution in [2.24, 2.45) is 0 Å². The zero-order valence-corrected chi connectivity index (χ0v) is 11.0. The van der Waals surface area contributed by atoms with Crippen LogP contribution in [0.25, 0.3) is 0 Å². The van der Waals surface area contributed by atoms with Crippen LogP contribution >= 0.6 is 11.6 Å². The third-order valence-corrected chi connectivity index (χ3v) is 2.82. The van der Waals surface area contributed by atoms with Crippen LogP contribution in [0.15, 0.2) is 0 Å². The van der Waals surface area contributed by atoms with Crippen LogP contribution in [0.2, 0.25) is 0 Å². The number of alkyl halides is 1. The number of carbonyl (C=O) groups excluding carboxylic acids is 1. The molecule has 0 aromatic carbocycles. The highest BCUT2D eigenvalue weighted by atomic mass is 35.5. The first-order chi connectivity index (χ1) is 7.45. The maximum absolute atomic E-state index is 11.2. The van der Waals surface area contributed by atoms with Gasteiger partial charge >= 0.3 is 0 Å². The number of hydrogen-bond acceptors (Lipinski definition) is 3. The molecule has 0 spiro atoms. The van der Waals surface area contributed by atoms with Crippen LogP contribution < -0.4 is 10.0 Å². The first kappa shape index (κ1) is 15.7. The number of hydrogen-bond donors (Lipinski definition) is 2. The molecule has 1 amide bonds. The lowest BCUT2D eigenvalue weighted by atomic mass is 10.2. The molecule has 0 aromatic rings. The average molecular weight is 271 g/mol. The smallest absolute Gasteiger partial charge is 0.219 e. The summed E-state index contributed by atoms with van der Waals surface area (Å²) in [7, 11) is -3.12. The van der Waals surface area contributed by atoms with Gasteiger partial charge in [0.1, 0.15) is 0 Å². The van der Waals surface area contributed by atoms with Crippen molar-refractivity contribution in [3.05, 3.63) is 0 Å². The standard InChI is InChI=1S/C9H19ClN2O3S/c1-16(14,15)12-8-4-7-11-9(13)5-2-3-6-10/h12H,2-8H2,1H3,(H,11,13). The Bertz CT molecular complexity index is 293. The third kappa shape index (κ3) is 11.7. The number of halogens is 1. The lowest BCUT2D eigenvalue weighted by Crippen LogP contribution is -2.29. The molecule has 0 unspecified atom stereocenters. The van der Waals surface area contributed by atoms with Gasteiger partial charge in [0.2, 0.25) is 15.9 Å². The van der Waals surface area contributed by atoms with Crippen LogP contribution in [-0.4, -0.2) is 39.6 Å². The van der Waals surface area contributed by atoms with Crippen LogP contribution in [0.3, 0.4) is 0 Å². The highest BCUT2D eigenvalue weighted by Gasteiger charge is 2.01. The fourth-order valence-electron chi connectivity index (χ4n) is 1.04. The Labute approximate surface area is 102 Å². The fourth-order valence-corrected chi connectivity index (χ4v) is 1.75. The van der Waals surface area contributed by atoms with Gasteiger partial charge in [-0.1, -0.05) is 0 Å². The molecule has 0 aromatic heterocycles. The normalized spacial score (nSPS) is 11.4. The Morgan fingerprint density at radius 2 is 1.88 bits per heavy atom. The van der Waals surface area contributed by atoms with Crippen molar-refractivity contribution in [3.63, 3.8) is 0 Å². The van der Waals surface area contributed by atoms with E-state index in [0.29, 0.717) is 31.8 Å². The van der Waals surface area contributed by atoms with Gasteiger partial charge in [-0.15, -0.1) is 11.6 Å². The molecule has 96 valence electrons. The number of amides is 1. The van der Waals surface area contributed by atoms with Gasteiger partial charge in [-0.05, 0) is 19.3 Å². The average Bonchev–Trinajstić information content (AvgIpc) is 2.16. The summed E-state index contributed by atoms with van der Waals surface area (Å²) in [5.41, 5.74) is 0. The molecule has 2 N–H and O–H groups in total. The second kappa shape index (κ2) is 8.78. The van der Waals surface area contributed by atoms with E-state index in [0.717, 1.165) is 19.1 Å². The zero-order valence-electron chi connectivity index (χ0n) is 9.46. The van der Waals surface area contributed by atoms with E-state index in [9.17, 15) is 13.2 Å². The van der Waals surface area contributed by atoms with Crippen molar-refractivity contribution >= 4 is 27.5 Å². The topological polar surface area (TPSA) is 75.3 Å². The Kier molecular flexibility index (Phi) is 8.60. The van der Waals surface area contributed by atoms with Gasteiger partial charge in [-0.25, -0.2) is 13.1 Å². The summed E-state index contributed by atoms with van der Waals surface area (Å²) in [4.78, 5) is 11.2. The maximum Gasteiger partial charge on any atom is 0.219 e. The second-order valence-corrected chi connectivity index (χ2v) is 5.73. The van der Waals surface area contributed by atoms with Gasteiger partial charge in [0.15, 0.2) is 0 Å². The summed E-state index contributed by atoms with van der Waals surface area (Å²) in [6.07, 6.45) is 3.81. The van der Waals surface area contributed by atoms with Gasteiger partial charge < -0.3 is 5.32 Å². The number of rotatable bonds is 9. The first-order valence-electron chi connectivity index (χ1n) is 5.23. The van der Waals surface area contributed by atoms with E-state index >= 15 is 0 Å². The lowest BCUT2D eigenvalue weighted by Gasteiger charge is -2.05. The molecule has 0 aliphatic rings. The molecule has 7 heteroatoms. The predicted octanol–water partition coefficient (Wildman–Crippen LogP) is 0.451. The Hall–Kier alpha value is -0.330. The highest BCUT2D eigenvalue weighted by Crippen LogP contribution is 1.96. The molecule has 0 saturated carbocycles. The predicted molar refractivity (Wildman–Crippen MR) is 65.0 cm³/mol. The quantitative estimate of drug-likeness (QED) is 0.472. The molecule has 16 heavy (non-hydrogen) atoms. The number of sulfonamides is 1. The Morgan fingerprint density at radius 3 is 2.44 bits per heavy atom. The fraction of sp³-hybridized carbons (Fsp3) is 0.889. The van der Waals surface area contributed by atoms with E-state index in [-0.39, 0.29) is 5.91 Å². The van der Waals surface area contributed by atoms with Crippen LogP contribution in [-0.2, 0) is 14.8 Å². The van der Waals surface area contributed by atoms with Crippen LogP contribution in [0.1, 0.15) is 25.7 Å². The minimum absolute atomic E-state index is 0.00975. The minimum atomic E-state index is -3.12. The Balaban J connectivity index is 3.34.